The first-order valence-corrected chi connectivity index (χ1v) is 12.9. The molecule has 0 saturated heterocycles. The first kappa shape index (κ1) is 20.7. The number of fused-ring (bicyclic) bond motifs is 8. The van der Waals surface area contributed by atoms with Gasteiger partial charge in [-0.25, -0.2) is 0 Å². The summed E-state index contributed by atoms with van der Waals surface area (Å²) in [7, 11) is 0. The molecule has 7 rings (SSSR count). The maximum Gasteiger partial charge on any atom is 0.0541 e. The third-order valence-electron chi connectivity index (χ3n) is 7.68. The van der Waals surface area contributed by atoms with Crippen LogP contribution in [-0.4, -0.2) is 0 Å². The van der Waals surface area contributed by atoms with Gasteiger partial charge in [0, 0.05) is 26.7 Å². The minimum Gasteiger partial charge on any atom is -0.309 e. The van der Waals surface area contributed by atoms with Gasteiger partial charge in [-0.3, -0.25) is 0 Å². The van der Waals surface area contributed by atoms with E-state index in [1.165, 1.54) is 61.6 Å². The van der Waals surface area contributed by atoms with Crippen LogP contribution in [0.2, 0.25) is 0 Å². The lowest BCUT2D eigenvalue weighted by atomic mass is 9.82. The molecular weight excluding hydrogens is 490 g/mol. The summed E-state index contributed by atoms with van der Waals surface area (Å²) in [4.78, 5) is 2.44. The fourth-order valence-electron chi connectivity index (χ4n) is 6.01. The number of anilines is 3. The Morgan fingerprint density at radius 2 is 1.11 bits per heavy atom. The SMILES string of the molecule is CC1(C)c2ccccc2-c2ccc(N3c4ccccc4-c4ccccc4-c4cc(Br)ccc43)cc21. The van der Waals surface area contributed by atoms with Gasteiger partial charge in [-0.1, -0.05) is 103 Å². The Morgan fingerprint density at radius 1 is 0.514 bits per heavy atom. The van der Waals surface area contributed by atoms with Crippen molar-refractivity contribution in [2.45, 2.75) is 19.3 Å². The lowest BCUT2D eigenvalue weighted by molar-refractivity contribution is 0.660. The number of para-hydroxylation sites is 1. The summed E-state index contributed by atoms with van der Waals surface area (Å²) in [5, 5.41) is 0. The molecule has 5 aromatic rings. The molecule has 5 aromatic carbocycles. The van der Waals surface area contributed by atoms with Crippen LogP contribution in [0.5, 0.6) is 0 Å². The van der Waals surface area contributed by atoms with Gasteiger partial charge in [0.2, 0.25) is 0 Å². The average Bonchev–Trinajstić information content (AvgIpc) is 3.04. The fraction of sp³-hybridized carbons (Fsp3) is 0.0909. The van der Waals surface area contributed by atoms with Crippen LogP contribution >= 0.6 is 15.9 Å². The molecule has 2 heteroatoms. The van der Waals surface area contributed by atoms with E-state index in [-0.39, 0.29) is 5.41 Å². The van der Waals surface area contributed by atoms with E-state index in [1.54, 1.807) is 0 Å². The van der Waals surface area contributed by atoms with Gasteiger partial charge in [-0.05, 0) is 69.8 Å². The predicted octanol–water partition coefficient (Wildman–Crippen LogP) is 9.87. The van der Waals surface area contributed by atoms with Crippen LogP contribution in [0.1, 0.15) is 25.0 Å². The molecule has 0 atom stereocenters. The fourth-order valence-corrected chi connectivity index (χ4v) is 6.37. The van der Waals surface area contributed by atoms with E-state index in [0.717, 1.165) is 4.47 Å². The second-order valence-corrected chi connectivity index (χ2v) is 10.9. The highest BCUT2D eigenvalue weighted by Crippen LogP contribution is 2.54. The lowest BCUT2D eigenvalue weighted by Crippen LogP contribution is -2.16. The minimum absolute atomic E-state index is 0.0428. The molecule has 0 unspecified atom stereocenters. The van der Waals surface area contributed by atoms with Crippen molar-refractivity contribution < 1.29 is 0 Å². The van der Waals surface area contributed by atoms with Crippen molar-refractivity contribution in [2.75, 3.05) is 4.90 Å². The zero-order valence-corrected chi connectivity index (χ0v) is 21.3. The van der Waals surface area contributed by atoms with E-state index in [4.69, 9.17) is 0 Å². The summed E-state index contributed by atoms with van der Waals surface area (Å²) < 4.78 is 1.09. The van der Waals surface area contributed by atoms with Gasteiger partial charge in [0.05, 0.1) is 11.4 Å². The quantitative estimate of drug-likeness (QED) is 0.211. The molecule has 1 heterocycles. The molecule has 0 N–H and O–H groups in total. The first-order chi connectivity index (χ1) is 17.0. The van der Waals surface area contributed by atoms with E-state index in [1.807, 2.05) is 0 Å². The van der Waals surface area contributed by atoms with Crippen molar-refractivity contribution in [3.05, 3.63) is 125 Å². The Labute approximate surface area is 214 Å². The van der Waals surface area contributed by atoms with E-state index in [9.17, 15) is 0 Å². The molecule has 0 amide bonds. The van der Waals surface area contributed by atoms with Crippen molar-refractivity contribution in [3.63, 3.8) is 0 Å². The van der Waals surface area contributed by atoms with Crippen LogP contribution in [0.3, 0.4) is 0 Å². The maximum absolute atomic E-state index is 3.73. The van der Waals surface area contributed by atoms with Gasteiger partial charge >= 0.3 is 0 Å². The topological polar surface area (TPSA) is 3.24 Å². The molecule has 1 nitrogen and oxygen atoms in total. The number of rotatable bonds is 1. The molecule has 1 aliphatic carbocycles. The van der Waals surface area contributed by atoms with E-state index in [0.29, 0.717) is 0 Å². The third-order valence-corrected chi connectivity index (χ3v) is 8.17. The second-order valence-electron chi connectivity index (χ2n) is 9.96. The molecule has 0 spiro atoms. The van der Waals surface area contributed by atoms with Gasteiger partial charge in [0.1, 0.15) is 0 Å². The van der Waals surface area contributed by atoms with Gasteiger partial charge in [0.25, 0.3) is 0 Å². The standard InChI is InChI=1S/C33H24BrN/c1-33(2)29-13-7-5-11-25(29)26-17-16-22(20-30(26)33)35-31-14-8-6-12-27(31)23-9-3-4-10-24(23)28-19-21(34)15-18-32(28)35/h3-20H,1-2H3. The van der Waals surface area contributed by atoms with Crippen LogP contribution in [0.25, 0.3) is 33.4 Å². The molecule has 0 fully saturated rings. The zero-order chi connectivity index (χ0) is 23.7. The summed E-state index contributed by atoms with van der Waals surface area (Å²) >= 11 is 3.73. The van der Waals surface area contributed by atoms with E-state index >= 15 is 0 Å². The van der Waals surface area contributed by atoms with Crippen LogP contribution in [-0.2, 0) is 5.41 Å². The number of hydrogen-bond acceptors (Lipinski definition) is 1. The molecular formula is C33H24BrN. The largest absolute Gasteiger partial charge is 0.309 e. The van der Waals surface area contributed by atoms with Gasteiger partial charge in [-0.15, -0.1) is 0 Å². The van der Waals surface area contributed by atoms with Crippen LogP contribution < -0.4 is 4.90 Å². The summed E-state index contributed by atoms with van der Waals surface area (Å²) in [6.07, 6.45) is 0. The van der Waals surface area contributed by atoms with Crippen molar-refractivity contribution >= 4 is 33.0 Å². The molecule has 168 valence electrons. The Morgan fingerprint density at radius 3 is 1.91 bits per heavy atom. The highest BCUT2D eigenvalue weighted by molar-refractivity contribution is 9.10. The number of nitrogens with zero attached hydrogens (tertiary/aromatic N) is 1. The summed E-state index contributed by atoms with van der Waals surface area (Å²) in [5.41, 5.74) is 14.0. The summed E-state index contributed by atoms with van der Waals surface area (Å²) in [5.74, 6) is 0. The zero-order valence-electron chi connectivity index (χ0n) is 19.7. The monoisotopic (exact) mass is 513 g/mol. The van der Waals surface area contributed by atoms with Crippen molar-refractivity contribution in [1.29, 1.82) is 0 Å². The third kappa shape index (κ3) is 2.93. The number of halogens is 1. The molecule has 35 heavy (non-hydrogen) atoms. The second kappa shape index (κ2) is 7.44. The summed E-state index contributed by atoms with van der Waals surface area (Å²) in [6, 6.07) is 40.0. The molecule has 2 aliphatic rings. The molecule has 0 aromatic heterocycles. The maximum atomic E-state index is 3.73. The normalized spacial score (nSPS) is 14.3. The van der Waals surface area contributed by atoms with Crippen LogP contribution in [0, 0.1) is 0 Å². The van der Waals surface area contributed by atoms with Crippen LogP contribution in [0.4, 0.5) is 17.1 Å². The first-order valence-electron chi connectivity index (χ1n) is 12.1. The predicted molar refractivity (Wildman–Crippen MR) is 151 cm³/mol. The molecule has 0 saturated carbocycles. The van der Waals surface area contributed by atoms with Gasteiger partial charge in [-0.2, -0.15) is 0 Å². The Kier molecular flexibility index (Phi) is 4.40. The highest BCUT2D eigenvalue weighted by atomic mass is 79.9. The number of benzene rings is 5. The highest BCUT2D eigenvalue weighted by Gasteiger charge is 2.36. The minimum atomic E-state index is -0.0428. The number of hydrogen-bond donors (Lipinski definition) is 0. The van der Waals surface area contributed by atoms with Crippen molar-refractivity contribution in [1.82, 2.24) is 0 Å². The van der Waals surface area contributed by atoms with Crippen molar-refractivity contribution in [3.8, 4) is 33.4 Å². The average molecular weight is 514 g/mol. The molecule has 1 aliphatic heterocycles. The van der Waals surface area contributed by atoms with Crippen molar-refractivity contribution in [2.24, 2.45) is 0 Å². The Bertz CT molecular complexity index is 1650. The Hall–Kier alpha value is -3.62. The van der Waals surface area contributed by atoms with Gasteiger partial charge < -0.3 is 4.90 Å². The van der Waals surface area contributed by atoms with Crippen LogP contribution in [0.15, 0.2) is 114 Å². The summed E-state index contributed by atoms with van der Waals surface area (Å²) in [6.45, 7) is 4.69. The molecule has 0 bridgehead atoms. The van der Waals surface area contributed by atoms with E-state index < -0.39 is 0 Å². The van der Waals surface area contributed by atoms with Gasteiger partial charge in [0.15, 0.2) is 0 Å². The smallest absolute Gasteiger partial charge is 0.0541 e. The van der Waals surface area contributed by atoms with E-state index in [2.05, 4.69) is 144 Å². The lowest BCUT2D eigenvalue weighted by Gasteiger charge is -2.29. The Balaban J connectivity index is 1.53. The molecule has 0 radical (unpaired) electrons.